The van der Waals surface area contributed by atoms with Crippen molar-refractivity contribution in [2.24, 2.45) is 11.7 Å². The highest BCUT2D eigenvalue weighted by atomic mass is 16.5. The first-order chi connectivity index (χ1) is 13.8. The Hall–Kier alpha value is -2.87. The quantitative estimate of drug-likeness (QED) is 0.651. The molecule has 0 saturated carbocycles. The van der Waals surface area contributed by atoms with Gasteiger partial charge in [-0.15, -0.1) is 0 Å². The second-order valence-electron chi connectivity index (χ2n) is 7.81. The molecule has 1 saturated heterocycles. The number of nitriles is 1. The van der Waals surface area contributed by atoms with E-state index in [1.165, 1.54) is 0 Å². The highest BCUT2D eigenvalue weighted by molar-refractivity contribution is 6.62. The normalized spacial score (nSPS) is 22.8. The number of hydrogen-bond acceptors (Lipinski definition) is 7. The number of hydrogen-bond donors (Lipinski definition) is 3. The van der Waals surface area contributed by atoms with Crippen LogP contribution in [0, 0.1) is 17.2 Å². The van der Waals surface area contributed by atoms with Gasteiger partial charge in [-0.3, -0.25) is 9.48 Å². The first-order valence-electron chi connectivity index (χ1n) is 9.44. The van der Waals surface area contributed by atoms with Crippen molar-refractivity contribution in [2.45, 2.75) is 31.9 Å². The van der Waals surface area contributed by atoms with Crippen LogP contribution >= 0.6 is 0 Å². The minimum Gasteiger partial charge on any atom is -0.423 e. The molecule has 0 bridgehead atoms. The minimum absolute atomic E-state index is 0.225. The lowest BCUT2D eigenvalue weighted by molar-refractivity contribution is 0.0342. The standard InChI is InChI=1S/C19H22BN5O4/c1-19(2)14-7-12(3-4-15(14)20(27)29-19)23-18-13(17(22)26)9-25(24-18)16-10-28-6-5-11(16)8-21/h3-4,7,9,11,16,27H,5-6,10H2,1-2H3,(H2,22,26)(H,23,24)/t11-,16+/m1/s1. The van der Waals surface area contributed by atoms with Crippen LogP contribution in [0.1, 0.15) is 42.2 Å². The largest absolute Gasteiger partial charge is 0.492 e. The van der Waals surface area contributed by atoms with E-state index in [2.05, 4.69) is 16.5 Å². The van der Waals surface area contributed by atoms with Gasteiger partial charge in [-0.25, -0.2) is 0 Å². The second kappa shape index (κ2) is 7.19. The Balaban J connectivity index is 1.67. The molecule has 4 rings (SSSR count). The van der Waals surface area contributed by atoms with Crippen LogP contribution in [0.2, 0.25) is 0 Å². The van der Waals surface area contributed by atoms with Crippen molar-refractivity contribution >= 4 is 30.0 Å². The zero-order chi connectivity index (χ0) is 20.8. The smallest absolute Gasteiger partial charge is 0.423 e. The maximum Gasteiger partial charge on any atom is 0.492 e. The number of nitrogens with two attached hydrogens (primary N) is 1. The van der Waals surface area contributed by atoms with Crippen molar-refractivity contribution in [3.63, 3.8) is 0 Å². The molecule has 0 spiro atoms. The third kappa shape index (κ3) is 3.48. The zero-order valence-electron chi connectivity index (χ0n) is 16.3. The summed E-state index contributed by atoms with van der Waals surface area (Å²) in [6, 6.07) is 7.41. The predicted molar refractivity (Wildman–Crippen MR) is 106 cm³/mol. The number of amides is 1. The molecule has 2 aliphatic heterocycles. The summed E-state index contributed by atoms with van der Waals surface area (Å²) in [5.41, 5.74) is 7.37. The molecule has 0 radical (unpaired) electrons. The van der Waals surface area contributed by atoms with Crippen LogP contribution in [0.4, 0.5) is 11.5 Å². The number of ether oxygens (including phenoxy) is 1. The van der Waals surface area contributed by atoms with Crippen LogP contribution in [0.3, 0.4) is 0 Å². The fourth-order valence-corrected chi connectivity index (χ4v) is 3.88. The third-order valence-corrected chi connectivity index (χ3v) is 5.47. The molecule has 1 aromatic carbocycles. The molecule has 1 fully saturated rings. The second-order valence-corrected chi connectivity index (χ2v) is 7.81. The lowest BCUT2D eigenvalue weighted by atomic mass is 9.78. The Morgan fingerprint density at radius 3 is 3.03 bits per heavy atom. The summed E-state index contributed by atoms with van der Waals surface area (Å²) in [6.07, 6.45) is 2.16. The van der Waals surface area contributed by atoms with Gasteiger partial charge in [0.15, 0.2) is 5.82 Å². The van der Waals surface area contributed by atoms with Crippen LogP contribution in [-0.4, -0.2) is 41.0 Å². The maximum atomic E-state index is 12.0. The molecule has 1 aromatic heterocycles. The molecule has 29 heavy (non-hydrogen) atoms. The van der Waals surface area contributed by atoms with Crippen LogP contribution in [0.15, 0.2) is 24.4 Å². The minimum atomic E-state index is -0.969. The first kappa shape index (κ1) is 19.5. The highest BCUT2D eigenvalue weighted by Crippen LogP contribution is 2.33. The summed E-state index contributed by atoms with van der Waals surface area (Å²) in [6.45, 7) is 4.63. The summed E-state index contributed by atoms with van der Waals surface area (Å²) < 4.78 is 12.7. The molecule has 0 aliphatic carbocycles. The zero-order valence-corrected chi connectivity index (χ0v) is 16.3. The van der Waals surface area contributed by atoms with Gasteiger partial charge in [0.25, 0.3) is 5.91 Å². The van der Waals surface area contributed by atoms with Crippen LogP contribution < -0.4 is 16.5 Å². The molecule has 10 heteroatoms. The van der Waals surface area contributed by atoms with Gasteiger partial charge in [0.05, 0.1) is 30.2 Å². The maximum absolute atomic E-state index is 12.0. The average Bonchev–Trinajstić information content (AvgIpc) is 3.20. The summed E-state index contributed by atoms with van der Waals surface area (Å²) in [5.74, 6) is -0.571. The number of rotatable bonds is 4. The average molecular weight is 395 g/mol. The molecule has 2 aromatic rings. The number of anilines is 2. The number of nitrogens with one attached hydrogen (secondary N) is 1. The molecule has 150 valence electrons. The van der Waals surface area contributed by atoms with Crippen molar-refractivity contribution in [3.8, 4) is 6.07 Å². The molecule has 2 aliphatic rings. The van der Waals surface area contributed by atoms with E-state index in [9.17, 15) is 15.1 Å². The van der Waals surface area contributed by atoms with Gasteiger partial charge in [0.1, 0.15) is 5.56 Å². The number of aromatic nitrogens is 2. The SMILES string of the molecule is CC1(C)OB(O)c2ccc(Nc3nn([C@H]4COCC[C@@H]4C#N)cc3C(N)=O)cc21. The molecule has 4 N–H and O–H groups in total. The van der Waals surface area contributed by atoms with E-state index < -0.39 is 18.6 Å². The van der Waals surface area contributed by atoms with E-state index in [-0.39, 0.29) is 17.5 Å². The van der Waals surface area contributed by atoms with E-state index >= 15 is 0 Å². The molecule has 9 nitrogen and oxygen atoms in total. The molecule has 1 amide bonds. The van der Waals surface area contributed by atoms with Gasteiger partial charge in [0.2, 0.25) is 0 Å². The summed E-state index contributed by atoms with van der Waals surface area (Å²) >= 11 is 0. The first-order valence-corrected chi connectivity index (χ1v) is 9.44. The predicted octanol–water partition coefficient (Wildman–Crippen LogP) is 0.780. The van der Waals surface area contributed by atoms with Gasteiger partial charge in [-0.2, -0.15) is 10.4 Å². The lowest BCUT2D eigenvalue weighted by Crippen LogP contribution is -2.29. The number of primary amides is 1. The Morgan fingerprint density at radius 2 is 2.31 bits per heavy atom. The van der Waals surface area contributed by atoms with E-state index in [1.807, 2.05) is 19.9 Å². The number of benzene rings is 1. The van der Waals surface area contributed by atoms with Gasteiger partial charge < -0.3 is 25.5 Å². The van der Waals surface area contributed by atoms with Crippen molar-refractivity contribution < 1.29 is 19.2 Å². The Bertz CT molecular complexity index is 999. The number of fused-ring (bicyclic) bond motifs is 1. The fourth-order valence-electron chi connectivity index (χ4n) is 3.88. The highest BCUT2D eigenvalue weighted by Gasteiger charge is 2.40. The van der Waals surface area contributed by atoms with E-state index in [0.717, 1.165) is 5.56 Å². The topological polar surface area (TPSA) is 135 Å². The monoisotopic (exact) mass is 395 g/mol. The Labute approximate surface area is 168 Å². The van der Waals surface area contributed by atoms with Gasteiger partial charge in [-0.05, 0) is 43.4 Å². The van der Waals surface area contributed by atoms with Crippen molar-refractivity contribution in [1.29, 1.82) is 5.26 Å². The van der Waals surface area contributed by atoms with Gasteiger partial charge in [0, 0.05) is 18.5 Å². The van der Waals surface area contributed by atoms with E-state index in [0.29, 0.717) is 36.6 Å². The van der Waals surface area contributed by atoms with Gasteiger partial charge >= 0.3 is 7.12 Å². The summed E-state index contributed by atoms with van der Waals surface area (Å²) in [7, 11) is -0.969. The molecule has 3 heterocycles. The van der Waals surface area contributed by atoms with Crippen LogP contribution in [0.25, 0.3) is 0 Å². The summed E-state index contributed by atoms with van der Waals surface area (Å²) in [4.78, 5) is 12.0. The van der Waals surface area contributed by atoms with Crippen LogP contribution in [0.5, 0.6) is 0 Å². The van der Waals surface area contributed by atoms with Crippen molar-refractivity contribution in [3.05, 3.63) is 35.5 Å². The van der Waals surface area contributed by atoms with Crippen molar-refractivity contribution in [2.75, 3.05) is 18.5 Å². The third-order valence-electron chi connectivity index (χ3n) is 5.47. The number of carbonyl (C=O) groups excluding carboxylic acids is 1. The van der Waals surface area contributed by atoms with Gasteiger partial charge in [-0.1, -0.05) is 6.07 Å². The lowest BCUT2D eigenvalue weighted by Gasteiger charge is -2.26. The Morgan fingerprint density at radius 1 is 1.52 bits per heavy atom. The molecule has 2 atom stereocenters. The molecular weight excluding hydrogens is 373 g/mol. The number of nitrogens with zero attached hydrogens (tertiary/aromatic N) is 3. The van der Waals surface area contributed by atoms with Crippen LogP contribution in [-0.2, 0) is 15.0 Å². The number of carbonyl (C=O) groups is 1. The van der Waals surface area contributed by atoms with E-state index in [4.69, 9.17) is 15.1 Å². The van der Waals surface area contributed by atoms with E-state index in [1.54, 1.807) is 23.0 Å². The molecule has 0 unspecified atom stereocenters. The summed E-state index contributed by atoms with van der Waals surface area (Å²) in [5, 5.41) is 27.1. The fraction of sp³-hybridized carbons (Fsp3) is 0.421. The Kier molecular flexibility index (Phi) is 4.82. The molecular formula is C19H22BN5O4. The van der Waals surface area contributed by atoms with Crippen molar-refractivity contribution in [1.82, 2.24) is 9.78 Å².